The van der Waals surface area contributed by atoms with Crippen molar-refractivity contribution in [1.82, 2.24) is 9.97 Å². The fourth-order valence-electron chi connectivity index (χ4n) is 1.74. The summed E-state index contributed by atoms with van der Waals surface area (Å²) in [5.74, 6) is -3.77. The van der Waals surface area contributed by atoms with Crippen LogP contribution in [0.5, 0.6) is 0 Å². The van der Waals surface area contributed by atoms with Crippen LogP contribution in [0.15, 0.2) is 18.2 Å². The summed E-state index contributed by atoms with van der Waals surface area (Å²) in [5.41, 5.74) is 0.947. The summed E-state index contributed by atoms with van der Waals surface area (Å²) in [6.45, 7) is 1.99. The molecule has 1 N–H and O–H groups in total. The first kappa shape index (κ1) is 13.7. The second kappa shape index (κ2) is 5.52. The number of hydrogen-bond donors (Lipinski definition) is 1. The molecule has 1 aromatic heterocycles. The molecule has 0 saturated heterocycles. The van der Waals surface area contributed by atoms with Gasteiger partial charge < -0.3 is 4.98 Å². The minimum absolute atomic E-state index is 0.125. The van der Waals surface area contributed by atoms with E-state index in [1.54, 1.807) is 6.07 Å². The highest BCUT2D eigenvalue weighted by molar-refractivity contribution is 7.71. The van der Waals surface area contributed by atoms with Crippen molar-refractivity contribution in [2.75, 3.05) is 0 Å². The van der Waals surface area contributed by atoms with Crippen LogP contribution in [0.3, 0.4) is 0 Å². The molecule has 0 saturated carbocycles. The highest BCUT2D eigenvalue weighted by Gasteiger charge is 2.13. The van der Waals surface area contributed by atoms with Crippen molar-refractivity contribution in [2.24, 2.45) is 0 Å². The summed E-state index contributed by atoms with van der Waals surface area (Å²) in [7, 11) is 0. The standard InChI is InChI=1S/C13H11F3N2S/c1-2-3-8-6-11(19)18-13(17-8)7-4-9(14)12(16)10(15)5-7/h4-6H,2-3H2,1H3,(H,17,18,19). The van der Waals surface area contributed by atoms with Crippen molar-refractivity contribution in [3.05, 3.63) is 46.0 Å². The molecule has 0 radical (unpaired) electrons. The fraction of sp³-hybridized carbons (Fsp3) is 0.231. The van der Waals surface area contributed by atoms with Gasteiger partial charge in [-0.05, 0) is 24.6 Å². The van der Waals surface area contributed by atoms with Crippen molar-refractivity contribution < 1.29 is 13.2 Å². The second-order valence-electron chi connectivity index (χ2n) is 4.10. The lowest BCUT2D eigenvalue weighted by atomic mass is 10.1. The molecule has 1 heterocycles. The van der Waals surface area contributed by atoms with Crippen molar-refractivity contribution in [1.29, 1.82) is 0 Å². The molecule has 2 nitrogen and oxygen atoms in total. The largest absolute Gasteiger partial charge is 0.343 e. The Labute approximate surface area is 113 Å². The third-order valence-electron chi connectivity index (χ3n) is 2.58. The zero-order chi connectivity index (χ0) is 14.0. The first-order valence-corrected chi connectivity index (χ1v) is 6.17. The maximum absolute atomic E-state index is 13.2. The van der Waals surface area contributed by atoms with E-state index in [1.807, 2.05) is 6.92 Å². The molecule has 0 aliphatic heterocycles. The molecular formula is C13H11F3N2S. The van der Waals surface area contributed by atoms with Crippen LogP contribution in [0.1, 0.15) is 19.0 Å². The highest BCUT2D eigenvalue weighted by atomic mass is 32.1. The molecule has 19 heavy (non-hydrogen) atoms. The molecule has 6 heteroatoms. The van der Waals surface area contributed by atoms with Gasteiger partial charge in [-0.15, -0.1) is 0 Å². The van der Waals surface area contributed by atoms with E-state index in [9.17, 15) is 13.2 Å². The quantitative estimate of drug-likeness (QED) is 0.676. The Morgan fingerprint density at radius 3 is 2.37 bits per heavy atom. The Bertz CT molecular complexity index is 644. The molecule has 100 valence electrons. The number of rotatable bonds is 3. The SMILES string of the molecule is CCCc1cc(=S)nc(-c2cc(F)c(F)c(F)c2)[nH]1. The lowest BCUT2D eigenvalue weighted by Gasteiger charge is -2.06. The Balaban J connectivity index is 2.55. The summed E-state index contributed by atoms with van der Waals surface area (Å²) >= 11 is 5.00. The molecule has 0 atom stereocenters. The van der Waals surface area contributed by atoms with Gasteiger partial charge in [0.15, 0.2) is 17.5 Å². The lowest BCUT2D eigenvalue weighted by molar-refractivity contribution is 0.447. The van der Waals surface area contributed by atoms with Gasteiger partial charge in [-0.3, -0.25) is 0 Å². The Hall–Kier alpha value is -1.69. The molecule has 0 fully saturated rings. The third-order valence-corrected chi connectivity index (χ3v) is 2.78. The van der Waals surface area contributed by atoms with Crippen LogP contribution >= 0.6 is 12.2 Å². The summed E-state index contributed by atoms with van der Waals surface area (Å²) in [4.78, 5) is 6.94. The summed E-state index contributed by atoms with van der Waals surface area (Å²) in [6, 6.07) is 3.47. The number of aromatic amines is 1. The van der Waals surface area contributed by atoms with Gasteiger partial charge in [0, 0.05) is 11.3 Å². The van der Waals surface area contributed by atoms with Gasteiger partial charge in [-0.2, -0.15) is 0 Å². The summed E-state index contributed by atoms with van der Waals surface area (Å²) in [6.07, 6.45) is 1.63. The molecule has 0 bridgehead atoms. The number of halogens is 3. The molecule has 0 spiro atoms. The van der Waals surface area contributed by atoms with Crippen LogP contribution in [0.2, 0.25) is 0 Å². The number of hydrogen-bond acceptors (Lipinski definition) is 2. The number of nitrogens with one attached hydrogen (secondary N) is 1. The van der Waals surface area contributed by atoms with Gasteiger partial charge in [0.05, 0.1) is 0 Å². The number of benzene rings is 1. The Morgan fingerprint density at radius 1 is 1.16 bits per heavy atom. The predicted molar refractivity (Wildman–Crippen MR) is 68.7 cm³/mol. The van der Waals surface area contributed by atoms with Gasteiger partial charge in [-0.1, -0.05) is 25.6 Å². The minimum atomic E-state index is -1.49. The molecule has 2 rings (SSSR count). The maximum atomic E-state index is 13.2. The van der Waals surface area contributed by atoms with Crippen LogP contribution in [0, 0.1) is 22.1 Å². The van der Waals surface area contributed by atoms with E-state index in [-0.39, 0.29) is 11.4 Å². The molecule has 0 aliphatic carbocycles. The van der Waals surface area contributed by atoms with E-state index in [0.717, 1.165) is 30.7 Å². The molecule has 0 unspecified atom stereocenters. The minimum Gasteiger partial charge on any atom is -0.343 e. The molecule has 0 amide bonds. The monoisotopic (exact) mass is 284 g/mol. The Morgan fingerprint density at radius 2 is 1.79 bits per heavy atom. The zero-order valence-corrected chi connectivity index (χ0v) is 11.0. The normalized spacial score (nSPS) is 10.7. The van der Waals surface area contributed by atoms with Gasteiger partial charge in [0.2, 0.25) is 0 Å². The van der Waals surface area contributed by atoms with Gasteiger partial charge >= 0.3 is 0 Å². The van der Waals surface area contributed by atoms with Crippen molar-refractivity contribution in [2.45, 2.75) is 19.8 Å². The van der Waals surface area contributed by atoms with Crippen LogP contribution in [0.4, 0.5) is 13.2 Å². The van der Waals surface area contributed by atoms with E-state index in [0.29, 0.717) is 4.64 Å². The smallest absolute Gasteiger partial charge is 0.194 e. The van der Waals surface area contributed by atoms with Gasteiger partial charge in [-0.25, -0.2) is 18.2 Å². The topological polar surface area (TPSA) is 28.7 Å². The molecule has 2 aromatic rings. The number of nitrogens with zero attached hydrogens (tertiary/aromatic N) is 1. The number of H-pyrrole nitrogens is 1. The molecule has 0 aliphatic rings. The van der Waals surface area contributed by atoms with E-state index in [2.05, 4.69) is 9.97 Å². The number of aromatic nitrogens is 2. The summed E-state index contributed by atoms with van der Waals surface area (Å²) in [5, 5.41) is 0. The van der Waals surface area contributed by atoms with Crippen LogP contribution in [0.25, 0.3) is 11.4 Å². The van der Waals surface area contributed by atoms with Gasteiger partial charge in [0.25, 0.3) is 0 Å². The first-order chi connectivity index (χ1) is 9.01. The molecule has 1 aromatic carbocycles. The summed E-state index contributed by atoms with van der Waals surface area (Å²) < 4.78 is 39.6. The van der Waals surface area contributed by atoms with Crippen LogP contribution in [-0.2, 0) is 6.42 Å². The average molecular weight is 284 g/mol. The van der Waals surface area contributed by atoms with Crippen molar-refractivity contribution >= 4 is 12.2 Å². The zero-order valence-electron chi connectivity index (χ0n) is 10.1. The number of aryl methyl sites for hydroxylation is 1. The highest BCUT2D eigenvalue weighted by Crippen LogP contribution is 2.21. The van der Waals surface area contributed by atoms with Gasteiger partial charge in [0.1, 0.15) is 10.5 Å². The van der Waals surface area contributed by atoms with E-state index < -0.39 is 17.5 Å². The first-order valence-electron chi connectivity index (χ1n) is 5.76. The maximum Gasteiger partial charge on any atom is 0.194 e. The molecular weight excluding hydrogens is 273 g/mol. The second-order valence-corrected chi connectivity index (χ2v) is 4.52. The van der Waals surface area contributed by atoms with Crippen molar-refractivity contribution in [3.8, 4) is 11.4 Å². The van der Waals surface area contributed by atoms with E-state index >= 15 is 0 Å². The lowest BCUT2D eigenvalue weighted by Crippen LogP contribution is -1.98. The average Bonchev–Trinajstić information content (AvgIpc) is 2.35. The predicted octanol–water partition coefficient (Wildman–Crippen LogP) is 4.18. The Kier molecular flexibility index (Phi) is 3.99. The van der Waals surface area contributed by atoms with Crippen LogP contribution in [-0.4, -0.2) is 9.97 Å². The van der Waals surface area contributed by atoms with Crippen LogP contribution < -0.4 is 0 Å². The third kappa shape index (κ3) is 3.01. The van der Waals surface area contributed by atoms with Crippen molar-refractivity contribution in [3.63, 3.8) is 0 Å². The fourth-order valence-corrected chi connectivity index (χ4v) is 1.97. The van der Waals surface area contributed by atoms with E-state index in [4.69, 9.17) is 12.2 Å². The van der Waals surface area contributed by atoms with E-state index in [1.165, 1.54) is 0 Å².